The molecular formula is C11H18N2O2S2. The molecule has 3 N–H and O–H groups in total. The summed E-state index contributed by atoms with van der Waals surface area (Å²) in [5.41, 5.74) is 5.69. The molecule has 1 amide bonds. The van der Waals surface area contributed by atoms with E-state index in [0.717, 1.165) is 4.88 Å². The van der Waals surface area contributed by atoms with E-state index in [1.54, 1.807) is 11.4 Å². The summed E-state index contributed by atoms with van der Waals surface area (Å²) < 4.78 is 14.6. The first kappa shape index (κ1) is 14.3. The van der Waals surface area contributed by atoms with Crippen molar-refractivity contribution in [2.45, 2.75) is 38.5 Å². The Balaban J connectivity index is 2.73. The van der Waals surface area contributed by atoms with Crippen LogP contribution < -0.4 is 10.5 Å². The number of nitrogens with two attached hydrogens (primary N) is 1. The Hall–Kier alpha value is -0.720. The van der Waals surface area contributed by atoms with Gasteiger partial charge in [0.25, 0.3) is 0 Å². The second kappa shape index (κ2) is 5.29. The minimum Gasteiger partial charge on any atom is -0.366 e. The summed E-state index contributed by atoms with van der Waals surface area (Å²) >= 11 is 1.44. The van der Waals surface area contributed by atoms with E-state index in [4.69, 9.17) is 5.73 Å². The van der Waals surface area contributed by atoms with E-state index in [-0.39, 0.29) is 10.8 Å². The number of amides is 1. The fraction of sp³-hybridized carbons (Fsp3) is 0.545. The van der Waals surface area contributed by atoms with Gasteiger partial charge in [-0.1, -0.05) is 0 Å². The summed E-state index contributed by atoms with van der Waals surface area (Å²) in [6.45, 7) is 7.64. The van der Waals surface area contributed by atoms with Gasteiger partial charge in [-0.2, -0.15) is 0 Å². The fourth-order valence-corrected chi connectivity index (χ4v) is 2.89. The number of primary amides is 1. The van der Waals surface area contributed by atoms with Crippen molar-refractivity contribution >= 4 is 28.2 Å². The number of hydrogen-bond acceptors (Lipinski definition) is 3. The average molecular weight is 274 g/mol. The maximum Gasteiger partial charge on any atom is 0.249 e. The Morgan fingerprint density at radius 1 is 1.53 bits per heavy atom. The van der Waals surface area contributed by atoms with Gasteiger partial charge in [0, 0.05) is 10.3 Å². The van der Waals surface area contributed by atoms with Crippen LogP contribution in [0.3, 0.4) is 0 Å². The smallest absolute Gasteiger partial charge is 0.249 e. The van der Waals surface area contributed by atoms with Gasteiger partial charge in [0.05, 0.1) is 27.3 Å². The van der Waals surface area contributed by atoms with Gasteiger partial charge in [-0.25, -0.2) is 8.93 Å². The molecule has 0 aliphatic rings. The summed E-state index contributed by atoms with van der Waals surface area (Å²) in [5.74, 6) is -0.434. The van der Waals surface area contributed by atoms with Gasteiger partial charge < -0.3 is 5.73 Å². The van der Waals surface area contributed by atoms with E-state index in [2.05, 4.69) is 4.72 Å². The van der Waals surface area contributed by atoms with E-state index in [0.29, 0.717) is 5.56 Å². The zero-order valence-electron chi connectivity index (χ0n) is 10.4. The van der Waals surface area contributed by atoms with Gasteiger partial charge in [0.15, 0.2) is 0 Å². The summed E-state index contributed by atoms with van der Waals surface area (Å²) in [6, 6.07) is 1.68. The first-order chi connectivity index (χ1) is 7.71. The van der Waals surface area contributed by atoms with Crippen LogP contribution in [0.4, 0.5) is 0 Å². The van der Waals surface area contributed by atoms with Crippen molar-refractivity contribution in [2.24, 2.45) is 5.73 Å². The minimum atomic E-state index is -1.13. The molecule has 0 saturated heterocycles. The molecule has 1 heterocycles. The Morgan fingerprint density at radius 2 is 2.12 bits per heavy atom. The van der Waals surface area contributed by atoms with Crippen LogP contribution in [-0.2, 0) is 11.0 Å². The number of carbonyl (C=O) groups is 1. The molecule has 0 fully saturated rings. The van der Waals surface area contributed by atoms with Gasteiger partial charge in [-0.05, 0) is 33.8 Å². The lowest BCUT2D eigenvalue weighted by Gasteiger charge is -2.21. The Kier molecular flexibility index (Phi) is 4.46. The standard InChI is InChI=1S/C11H18N2O2S2/c1-7(13-17(15)11(2,3)4)9-5-8(6-16-9)10(12)14/h5-7,13H,1-4H3,(H2,12,14). The molecule has 6 heteroatoms. The van der Waals surface area contributed by atoms with E-state index < -0.39 is 16.9 Å². The molecule has 17 heavy (non-hydrogen) atoms. The monoisotopic (exact) mass is 274 g/mol. The van der Waals surface area contributed by atoms with Gasteiger partial charge >= 0.3 is 0 Å². The van der Waals surface area contributed by atoms with Gasteiger partial charge in [0.2, 0.25) is 5.91 Å². The number of carbonyl (C=O) groups excluding carboxylic acids is 1. The van der Waals surface area contributed by atoms with Gasteiger partial charge in [-0.3, -0.25) is 4.79 Å². The highest BCUT2D eigenvalue weighted by molar-refractivity contribution is 7.84. The molecular weight excluding hydrogens is 256 g/mol. The number of hydrogen-bond donors (Lipinski definition) is 2. The Bertz CT molecular complexity index is 435. The van der Waals surface area contributed by atoms with Crippen molar-refractivity contribution in [2.75, 3.05) is 0 Å². The van der Waals surface area contributed by atoms with Crippen molar-refractivity contribution in [3.63, 3.8) is 0 Å². The fourth-order valence-electron chi connectivity index (χ4n) is 1.10. The van der Waals surface area contributed by atoms with Crippen LogP contribution in [0.2, 0.25) is 0 Å². The van der Waals surface area contributed by atoms with E-state index >= 15 is 0 Å². The van der Waals surface area contributed by atoms with Crippen molar-refractivity contribution < 1.29 is 9.00 Å². The molecule has 2 unspecified atom stereocenters. The average Bonchev–Trinajstić information content (AvgIpc) is 2.64. The lowest BCUT2D eigenvalue weighted by molar-refractivity contribution is 0.100. The highest BCUT2D eigenvalue weighted by atomic mass is 32.2. The van der Waals surface area contributed by atoms with Crippen molar-refractivity contribution in [3.8, 4) is 0 Å². The van der Waals surface area contributed by atoms with Crippen molar-refractivity contribution in [3.05, 3.63) is 21.9 Å². The number of rotatable bonds is 4. The van der Waals surface area contributed by atoms with Crippen LogP contribution in [0.25, 0.3) is 0 Å². The second-order valence-electron chi connectivity index (χ2n) is 4.82. The van der Waals surface area contributed by atoms with E-state index in [9.17, 15) is 9.00 Å². The van der Waals surface area contributed by atoms with Gasteiger partial charge in [0.1, 0.15) is 0 Å². The topological polar surface area (TPSA) is 72.2 Å². The molecule has 2 atom stereocenters. The summed E-state index contributed by atoms with van der Waals surface area (Å²) in [5, 5.41) is 1.72. The molecule has 0 aliphatic carbocycles. The quantitative estimate of drug-likeness (QED) is 0.881. The summed E-state index contributed by atoms with van der Waals surface area (Å²) in [7, 11) is -1.13. The van der Waals surface area contributed by atoms with Crippen LogP contribution in [-0.4, -0.2) is 14.9 Å². The molecule has 1 aromatic rings. The maximum atomic E-state index is 11.9. The van der Waals surface area contributed by atoms with Crippen molar-refractivity contribution in [1.29, 1.82) is 0 Å². The molecule has 0 spiro atoms. The Morgan fingerprint density at radius 3 is 2.53 bits per heavy atom. The highest BCUT2D eigenvalue weighted by Gasteiger charge is 2.22. The minimum absolute atomic E-state index is 0.0619. The molecule has 0 radical (unpaired) electrons. The van der Waals surface area contributed by atoms with Crippen LogP contribution in [0.1, 0.15) is 49.0 Å². The summed E-state index contributed by atoms with van der Waals surface area (Å²) in [6.07, 6.45) is 0. The van der Waals surface area contributed by atoms with E-state index in [1.165, 1.54) is 11.3 Å². The SMILES string of the molecule is CC(NS(=O)C(C)(C)C)c1cc(C(N)=O)cs1. The van der Waals surface area contributed by atoms with Crippen LogP contribution in [0.5, 0.6) is 0 Å². The molecule has 0 aliphatic heterocycles. The molecule has 0 saturated carbocycles. The highest BCUT2D eigenvalue weighted by Crippen LogP contribution is 2.23. The first-order valence-corrected chi connectivity index (χ1v) is 7.31. The molecule has 96 valence electrons. The van der Waals surface area contributed by atoms with E-state index in [1.807, 2.05) is 27.7 Å². The zero-order chi connectivity index (χ0) is 13.2. The third kappa shape index (κ3) is 3.90. The normalized spacial score (nSPS) is 15.5. The number of thiophene rings is 1. The maximum absolute atomic E-state index is 11.9. The lowest BCUT2D eigenvalue weighted by Crippen LogP contribution is -2.34. The van der Waals surface area contributed by atoms with Crippen molar-refractivity contribution in [1.82, 2.24) is 4.72 Å². The number of nitrogens with one attached hydrogen (secondary N) is 1. The molecule has 1 aromatic heterocycles. The van der Waals surface area contributed by atoms with Gasteiger partial charge in [-0.15, -0.1) is 11.3 Å². The largest absolute Gasteiger partial charge is 0.366 e. The summed E-state index contributed by atoms with van der Waals surface area (Å²) in [4.78, 5) is 11.9. The second-order valence-corrected chi connectivity index (χ2v) is 7.76. The predicted molar refractivity (Wildman–Crippen MR) is 72.3 cm³/mol. The zero-order valence-corrected chi connectivity index (χ0v) is 12.1. The van der Waals surface area contributed by atoms with Crippen LogP contribution in [0, 0.1) is 0 Å². The van der Waals surface area contributed by atoms with Crippen LogP contribution in [0.15, 0.2) is 11.4 Å². The predicted octanol–water partition coefficient (Wildman–Crippen LogP) is 1.96. The molecule has 0 bridgehead atoms. The lowest BCUT2D eigenvalue weighted by atomic mass is 10.2. The molecule has 4 nitrogen and oxygen atoms in total. The molecule has 0 aromatic carbocycles. The first-order valence-electron chi connectivity index (χ1n) is 5.28. The third-order valence-corrected chi connectivity index (χ3v) is 4.97. The Labute approximate surface area is 108 Å². The third-order valence-electron chi connectivity index (χ3n) is 2.17. The molecule has 1 rings (SSSR count). The van der Waals surface area contributed by atoms with Crippen LogP contribution >= 0.6 is 11.3 Å².